The summed E-state index contributed by atoms with van der Waals surface area (Å²) >= 11 is 0. The van der Waals surface area contributed by atoms with E-state index in [2.05, 4.69) is 348 Å². The Balaban J connectivity index is 0.000000168. The van der Waals surface area contributed by atoms with Gasteiger partial charge in [-0.3, -0.25) is 0 Å². The monoisotopic (exact) mass is 1120 g/mol. The highest BCUT2D eigenvalue weighted by atomic mass is 15.0. The van der Waals surface area contributed by atoms with Crippen molar-refractivity contribution < 1.29 is 22.8 Å². The smallest absolute Gasteiger partial charge is 0.201 e. The Bertz CT molecular complexity index is 3870. The molecule has 5 heteroatoms. The zero-order valence-corrected chi connectivity index (χ0v) is 55.7. The second kappa shape index (κ2) is 28.4. The Kier molecular flexibility index (Phi) is 22.0. The van der Waals surface area contributed by atoms with Crippen molar-refractivity contribution in [3.05, 3.63) is 264 Å². The third-order valence-electron chi connectivity index (χ3n) is 18.1. The summed E-state index contributed by atoms with van der Waals surface area (Å²) in [6.45, 7) is 41.5. The fraction of sp³-hybridized carbons (Fsp3) is 0.304. The van der Waals surface area contributed by atoms with Crippen molar-refractivity contribution in [1.82, 2.24) is 0 Å². The average molecular weight is 1120 g/mol. The van der Waals surface area contributed by atoms with E-state index in [0.717, 1.165) is 0 Å². The largest absolute Gasteiger partial charge is 0.215 e. The quantitative estimate of drug-likeness (QED) is 0.153. The van der Waals surface area contributed by atoms with Gasteiger partial charge in [0, 0.05) is 106 Å². The van der Waals surface area contributed by atoms with E-state index < -0.39 is 0 Å². The van der Waals surface area contributed by atoms with Crippen LogP contribution in [-0.4, -0.2) is 0 Å². The van der Waals surface area contributed by atoms with Gasteiger partial charge in [0.15, 0.2) is 29.5 Å². The van der Waals surface area contributed by atoms with E-state index in [0.29, 0.717) is 0 Å². The van der Waals surface area contributed by atoms with Crippen molar-refractivity contribution >= 4 is 0 Å². The predicted octanol–water partition coefficient (Wildman–Crippen LogP) is 16.8. The van der Waals surface area contributed by atoms with E-state index in [9.17, 15) is 0 Å². The van der Waals surface area contributed by atoms with Crippen molar-refractivity contribution in [1.29, 1.82) is 0 Å². The molecule has 0 atom stereocenters. The molecule has 5 aromatic heterocycles. The van der Waals surface area contributed by atoms with E-state index in [1.54, 1.807) is 0 Å². The molecule has 0 aliphatic heterocycles. The maximum atomic E-state index is 2.30. The molecule has 0 bridgehead atoms. The highest BCUT2D eigenvalue weighted by Gasteiger charge is 2.23. The molecule has 0 N–H and O–H groups in total. The number of nitrogens with zero attached hydrogens (tertiary/aromatic N) is 5. The summed E-state index contributed by atoms with van der Waals surface area (Å²) in [5, 5.41) is 0. The van der Waals surface area contributed by atoms with Crippen molar-refractivity contribution in [2.24, 2.45) is 35.2 Å². The van der Waals surface area contributed by atoms with Gasteiger partial charge in [-0.15, -0.1) is 0 Å². The van der Waals surface area contributed by atoms with Crippen LogP contribution in [0.2, 0.25) is 0 Å². The minimum Gasteiger partial charge on any atom is -0.201 e. The van der Waals surface area contributed by atoms with Gasteiger partial charge >= 0.3 is 0 Å². The lowest BCUT2D eigenvalue weighted by atomic mass is 9.96. The number of hydrogen-bond acceptors (Lipinski definition) is 0. The molecule has 0 radical (unpaired) electrons. The molecular weight excluding hydrogens is 1020 g/mol. The Morgan fingerprint density at radius 1 is 0.238 bits per heavy atom. The van der Waals surface area contributed by atoms with Crippen LogP contribution in [0.5, 0.6) is 0 Å². The zero-order valence-electron chi connectivity index (χ0n) is 55.7. The molecule has 0 unspecified atom stereocenters. The topological polar surface area (TPSA) is 19.4 Å². The van der Waals surface area contributed by atoms with Gasteiger partial charge in [0.1, 0.15) is 35.2 Å². The molecule has 10 aromatic rings. The molecule has 434 valence electrons. The molecule has 5 aromatic carbocycles. The normalized spacial score (nSPS) is 10.6. The average Bonchev–Trinajstić information content (AvgIpc) is 3.05. The first-order valence-electron chi connectivity index (χ1n) is 29.8. The molecular formula is C79H98N5+5. The first-order valence-corrected chi connectivity index (χ1v) is 29.8. The van der Waals surface area contributed by atoms with Crippen molar-refractivity contribution in [2.45, 2.75) is 132 Å². The standard InChI is InChI=1S/4C16H20N.C15H18N/c1-11-8-6-7-9-15(11)16-14(4)13(3)12(2)10-17(16)5;1-11-8-6-7-9-15(11)16-10-12(2)13(3)14(4)17(16)5;1-11-8-6-7-9-15(11)16-14(4)12(2)10-13(3)17(16)5;1-11-8-6-7-9-15(11)16-13(3)10-12(2)14(4)17(16)5;1-11-8-9-14(13(3)12(11)2)15-7-5-6-10-16(15)4/h4*6-10H,1-5H3;5-10H,1-4H3/q5*+1. The fourth-order valence-corrected chi connectivity index (χ4v) is 11.5. The van der Waals surface area contributed by atoms with Gasteiger partial charge in [-0.25, -0.2) is 9.13 Å². The highest BCUT2D eigenvalue weighted by Crippen LogP contribution is 2.30. The third-order valence-corrected chi connectivity index (χ3v) is 18.1. The van der Waals surface area contributed by atoms with Crippen LogP contribution in [0.4, 0.5) is 0 Å². The van der Waals surface area contributed by atoms with Gasteiger partial charge in [0.25, 0.3) is 0 Å². The number of aryl methyl sites for hydroxylation is 13. The zero-order chi connectivity index (χ0) is 62.0. The summed E-state index contributed by atoms with van der Waals surface area (Å²) in [4.78, 5) is 0. The van der Waals surface area contributed by atoms with Gasteiger partial charge in [0.05, 0.1) is 0 Å². The first-order chi connectivity index (χ1) is 39.7. The lowest BCUT2D eigenvalue weighted by Gasteiger charge is -2.10. The van der Waals surface area contributed by atoms with Gasteiger partial charge in [-0.1, -0.05) is 78.9 Å². The van der Waals surface area contributed by atoms with Crippen LogP contribution in [-0.2, 0) is 35.2 Å². The summed E-state index contributed by atoms with van der Waals surface area (Å²) in [5.41, 5.74) is 38.9. The molecule has 84 heavy (non-hydrogen) atoms. The number of aromatic nitrogens is 5. The Hall–Kier alpha value is -8.15. The van der Waals surface area contributed by atoms with Crippen LogP contribution in [0.3, 0.4) is 0 Å². The third kappa shape index (κ3) is 14.6. The maximum Gasteiger partial charge on any atom is 0.215 e. The molecule has 0 spiro atoms. The fourth-order valence-electron chi connectivity index (χ4n) is 11.5. The number of rotatable bonds is 5. The molecule has 0 saturated carbocycles. The second-order valence-electron chi connectivity index (χ2n) is 23.6. The lowest BCUT2D eigenvalue weighted by Crippen LogP contribution is -2.36. The minimum absolute atomic E-state index is 1.27. The van der Waals surface area contributed by atoms with E-state index in [1.807, 2.05) is 0 Å². The predicted molar refractivity (Wildman–Crippen MR) is 355 cm³/mol. The molecule has 0 saturated heterocycles. The second-order valence-corrected chi connectivity index (χ2v) is 23.6. The molecule has 0 amide bonds. The first kappa shape index (κ1) is 65.0. The Morgan fingerprint density at radius 3 is 1.23 bits per heavy atom. The van der Waals surface area contributed by atoms with Gasteiger partial charge in [0.2, 0.25) is 28.5 Å². The van der Waals surface area contributed by atoms with Crippen molar-refractivity contribution in [3.63, 3.8) is 0 Å². The van der Waals surface area contributed by atoms with Crippen molar-refractivity contribution in [2.75, 3.05) is 0 Å². The van der Waals surface area contributed by atoms with Crippen molar-refractivity contribution in [3.8, 4) is 56.3 Å². The SMILES string of the molecule is Cc1ccc(-c2cccc[n+]2C)c(C)c1C.Cc1ccccc1-c1c(C)c(C)c(C)c[n+]1C.Cc1ccccc1-c1c(C)c(C)cc(C)[n+]1C.Cc1ccccc1-c1c(C)cc(C)c(C)[n+]1C.Cc1ccccc1-c1cc(C)c(C)c(C)[n+]1C. The van der Waals surface area contributed by atoms with Gasteiger partial charge in [-0.05, 0) is 209 Å². The van der Waals surface area contributed by atoms with E-state index in [1.165, 1.54) is 162 Å². The van der Waals surface area contributed by atoms with Crippen LogP contribution >= 0.6 is 0 Å². The molecule has 0 fully saturated rings. The van der Waals surface area contributed by atoms with E-state index in [4.69, 9.17) is 0 Å². The lowest BCUT2D eigenvalue weighted by molar-refractivity contribution is -0.667. The minimum atomic E-state index is 1.27. The highest BCUT2D eigenvalue weighted by molar-refractivity contribution is 5.68. The van der Waals surface area contributed by atoms with Gasteiger partial charge < -0.3 is 0 Å². The van der Waals surface area contributed by atoms with Crippen LogP contribution < -0.4 is 22.8 Å². The summed E-state index contributed by atoms with van der Waals surface area (Å²) < 4.78 is 11.3. The van der Waals surface area contributed by atoms with E-state index >= 15 is 0 Å². The Labute approximate surface area is 507 Å². The summed E-state index contributed by atoms with van der Waals surface area (Å²) in [7, 11) is 10.6. The van der Waals surface area contributed by atoms with E-state index in [-0.39, 0.29) is 0 Å². The molecule has 0 aliphatic rings. The van der Waals surface area contributed by atoms with Crippen LogP contribution in [0.1, 0.15) is 106 Å². The van der Waals surface area contributed by atoms with Crippen LogP contribution in [0.15, 0.2) is 158 Å². The van der Waals surface area contributed by atoms with Gasteiger partial charge in [-0.2, -0.15) is 13.7 Å². The molecule has 5 heterocycles. The van der Waals surface area contributed by atoms with Crippen LogP contribution in [0, 0.1) is 132 Å². The molecule has 10 rings (SSSR count). The molecule has 0 aliphatic carbocycles. The molecule has 5 nitrogen and oxygen atoms in total. The Morgan fingerprint density at radius 2 is 0.702 bits per heavy atom. The van der Waals surface area contributed by atoms with Crippen LogP contribution in [0.25, 0.3) is 56.3 Å². The number of benzene rings is 5. The maximum absolute atomic E-state index is 2.30. The number of hydrogen-bond donors (Lipinski definition) is 0. The summed E-state index contributed by atoms with van der Waals surface area (Å²) in [6.07, 6.45) is 4.30. The number of pyridine rings is 5. The summed E-state index contributed by atoms with van der Waals surface area (Å²) in [5.74, 6) is 0. The summed E-state index contributed by atoms with van der Waals surface area (Å²) in [6, 6.07) is 51.8.